The monoisotopic (exact) mass is 286 g/mol. The number of aromatic nitrogens is 1. The molecule has 0 aliphatic rings. The van der Waals surface area contributed by atoms with Crippen LogP contribution >= 0.6 is 0 Å². The van der Waals surface area contributed by atoms with Gasteiger partial charge in [0, 0.05) is 18.3 Å². The first kappa shape index (κ1) is 14.4. The lowest BCUT2D eigenvalue weighted by atomic mass is 10.2. The Balaban J connectivity index is 1.99. The molecule has 0 radical (unpaired) electrons. The van der Waals surface area contributed by atoms with Gasteiger partial charge in [-0.05, 0) is 24.6 Å². The van der Waals surface area contributed by atoms with Crippen molar-refractivity contribution in [3.63, 3.8) is 0 Å². The number of nitro groups is 1. The summed E-state index contributed by atoms with van der Waals surface area (Å²) in [7, 11) is 0. The second-order valence-corrected chi connectivity index (χ2v) is 4.39. The summed E-state index contributed by atoms with van der Waals surface area (Å²) in [5.41, 5.74) is 1.81. The first-order valence-electron chi connectivity index (χ1n) is 6.26. The zero-order valence-electron chi connectivity index (χ0n) is 11.4. The van der Waals surface area contributed by atoms with Crippen LogP contribution in [0.4, 0.5) is 16.2 Å². The maximum Gasteiger partial charge on any atom is 0.319 e. The Morgan fingerprint density at radius 2 is 2.14 bits per heavy atom. The number of pyridine rings is 1. The highest BCUT2D eigenvalue weighted by molar-refractivity contribution is 5.90. The molecule has 0 bridgehead atoms. The molecule has 2 N–H and O–H groups in total. The van der Waals surface area contributed by atoms with Gasteiger partial charge in [-0.25, -0.2) is 4.79 Å². The molecule has 0 unspecified atom stereocenters. The number of carbonyl (C=O) groups excluding carboxylic acids is 1. The standard InChI is InChI=1S/C14H14N4O3/c1-10-5-6-12(18(20)21)8-13(10)17-14(19)16-9-11-4-2-3-7-15-11/h2-8H,9H2,1H3,(H2,16,17,19). The molecule has 7 nitrogen and oxygen atoms in total. The van der Waals surface area contributed by atoms with Crippen LogP contribution in [0, 0.1) is 17.0 Å². The Hall–Kier alpha value is -2.96. The summed E-state index contributed by atoms with van der Waals surface area (Å²) in [6.45, 7) is 2.04. The average molecular weight is 286 g/mol. The fourth-order valence-electron chi connectivity index (χ4n) is 1.70. The minimum atomic E-state index is -0.504. The minimum Gasteiger partial charge on any atom is -0.332 e. The number of nitrogens with one attached hydrogen (secondary N) is 2. The second-order valence-electron chi connectivity index (χ2n) is 4.39. The summed E-state index contributed by atoms with van der Waals surface area (Å²) in [6, 6.07) is 9.28. The number of hydrogen-bond donors (Lipinski definition) is 2. The summed E-state index contributed by atoms with van der Waals surface area (Å²) >= 11 is 0. The van der Waals surface area contributed by atoms with Crippen LogP contribution < -0.4 is 10.6 Å². The fourth-order valence-corrected chi connectivity index (χ4v) is 1.70. The van der Waals surface area contributed by atoms with Crippen molar-refractivity contribution in [1.29, 1.82) is 0 Å². The third kappa shape index (κ3) is 4.00. The summed E-state index contributed by atoms with van der Waals surface area (Å²) in [5, 5.41) is 16.0. The molecule has 2 amide bonds. The highest BCUT2D eigenvalue weighted by Crippen LogP contribution is 2.21. The lowest BCUT2D eigenvalue weighted by molar-refractivity contribution is -0.384. The Kier molecular flexibility index (Phi) is 4.45. The van der Waals surface area contributed by atoms with Crippen molar-refractivity contribution >= 4 is 17.4 Å². The number of aryl methyl sites for hydroxylation is 1. The van der Waals surface area contributed by atoms with E-state index in [-0.39, 0.29) is 12.2 Å². The van der Waals surface area contributed by atoms with Gasteiger partial charge in [0.2, 0.25) is 0 Å². The number of nitro benzene ring substituents is 1. The van der Waals surface area contributed by atoms with Crippen LogP contribution in [-0.4, -0.2) is 15.9 Å². The lowest BCUT2D eigenvalue weighted by Crippen LogP contribution is -2.28. The van der Waals surface area contributed by atoms with E-state index in [4.69, 9.17) is 0 Å². The van der Waals surface area contributed by atoms with Gasteiger partial charge in [-0.1, -0.05) is 12.1 Å². The van der Waals surface area contributed by atoms with Gasteiger partial charge in [-0.3, -0.25) is 15.1 Å². The van der Waals surface area contributed by atoms with Crippen LogP contribution in [0.2, 0.25) is 0 Å². The molecule has 21 heavy (non-hydrogen) atoms. The van der Waals surface area contributed by atoms with Gasteiger partial charge in [-0.2, -0.15) is 0 Å². The normalized spacial score (nSPS) is 9.95. The number of urea groups is 1. The molecule has 1 heterocycles. The quantitative estimate of drug-likeness (QED) is 0.666. The zero-order chi connectivity index (χ0) is 15.2. The zero-order valence-corrected chi connectivity index (χ0v) is 11.4. The highest BCUT2D eigenvalue weighted by atomic mass is 16.6. The number of hydrogen-bond acceptors (Lipinski definition) is 4. The van der Waals surface area contributed by atoms with Crippen molar-refractivity contribution in [3.8, 4) is 0 Å². The number of benzene rings is 1. The van der Waals surface area contributed by atoms with Crippen LogP contribution in [0.15, 0.2) is 42.6 Å². The smallest absolute Gasteiger partial charge is 0.319 e. The number of anilines is 1. The summed E-state index contributed by atoms with van der Waals surface area (Å²) in [4.78, 5) is 26.1. The SMILES string of the molecule is Cc1ccc([N+](=O)[O-])cc1NC(=O)NCc1ccccn1. The molecule has 2 aromatic rings. The van der Waals surface area contributed by atoms with E-state index in [9.17, 15) is 14.9 Å². The summed E-state index contributed by atoms with van der Waals surface area (Å²) in [5.74, 6) is 0. The van der Waals surface area contributed by atoms with E-state index >= 15 is 0 Å². The molecule has 0 aliphatic carbocycles. The van der Waals surface area contributed by atoms with Crippen LogP contribution in [0.1, 0.15) is 11.3 Å². The Morgan fingerprint density at radius 1 is 1.33 bits per heavy atom. The maximum atomic E-state index is 11.8. The van der Waals surface area contributed by atoms with Gasteiger partial charge in [-0.15, -0.1) is 0 Å². The van der Waals surface area contributed by atoms with E-state index < -0.39 is 11.0 Å². The van der Waals surface area contributed by atoms with Gasteiger partial charge in [0.15, 0.2) is 0 Å². The molecule has 0 spiro atoms. The fraction of sp³-hybridized carbons (Fsp3) is 0.143. The number of amides is 2. The average Bonchev–Trinajstić information content (AvgIpc) is 2.48. The van der Waals surface area contributed by atoms with Crippen molar-refractivity contribution in [2.24, 2.45) is 0 Å². The highest BCUT2D eigenvalue weighted by Gasteiger charge is 2.10. The predicted octanol–water partition coefficient (Wildman–Crippen LogP) is 2.62. The molecule has 1 aromatic heterocycles. The van der Waals surface area contributed by atoms with E-state index in [0.717, 1.165) is 11.3 Å². The summed E-state index contributed by atoms with van der Waals surface area (Å²) in [6.07, 6.45) is 1.64. The third-order valence-electron chi connectivity index (χ3n) is 2.84. The molecule has 108 valence electrons. The molecule has 7 heteroatoms. The minimum absolute atomic E-state index is 0.0689. The number of rotatable bonds is 4. The second kappa shape index (κ2) is 6.47. The van der Waals surface area contributed by atoms with Gasteiger partial charge < -0.3 is 10.6 Å². The van der Waals surface area contributed by atoms with E-state index in [1.807, 2.05) is 6.07 Å². The van der Waals surface area contributed by atoms with Gasteiger partial charge in [0.25, 0.3) is 5.69 Å². The molecular weight excluding hydrogens is 272 g/mol. The Labute approximate surface area is 121 Å². The van der Waals surface area contributed by atoms with Gasteiger partial charge in [0.1, 0.15) is 0 Å². The molecule has 0 fully saturated rings. The molecule has 1 aromatic carbocycles. The molecule has 0 saturated heterocycles. The lowest BCUT2D eigenvalue weighted by Gasteiger charge is -2.09. The maximum absolute atomic E-state index is 11.8. The van der Waals surface area contributed by atoms with Crippen LogP contribution in [-0.2, 0) is 6.54 Å². The van der Waals surface area contributed by atoms with Crippen molar-refractivity contribution in [2.45, 2.75) is 13.5 Å². The van der Waals surface area contributed by atoms with E-state index in [2.05, 4.69) is 15.6 Å². The molecule has 0 saturated carbocycles. The third-order valence-corrected chi connectivity index (χ3v) is 2.84. The Bertz CT molecular complexity index is 659. The molecule has 0 atom stereocenters. The first-order valence-corrected chi connectivity index (χ1v) is 6.26. The summed E-state index contributed by atoms with van der Waals surface area (Å²) < 4.78 is 0. The van der Waals surface area contributed by atoms with Crippen molar-refractivity contribution in [3.05, 3.63) is 64.0 Å². The van der Waals surface area contributed by atoms with Crippen LogP contribution in [0.5, 0.6) is 0 Å². The molecular formula is C14H14N4O3. The Morgan fingerprint density at radius 3 is 2.81 bits per heavy atom. The van der Waals surface area contributed by atoms with Crippen molar-refractivity contribution in [2.75, 3.05) is 5.32 Å². The number of carbonyl (C=O) groups is 1. The largest absolute Gasteiger partial charge is 0.332 e. The van der Waals surface area contributed by atoms with E-state index in [0.29, 0.717) is 5.69 Å². The van der Waals surface area contributed by atoms with Gasteiger partial charge in [0.05, 0.1) is 22.8 Å². The van der Waals surface area contributed by atoms with Crippen molar-refractivity contribution < 1.29 is 9.72 Å². The first-order chi connectivity index (χ1) is 10.1. The van der Waals surface area contributed by atoms with Crippen LogP contribution in [0.25, 0.3) is 0 Å². The van der Waals surface area contributed by atoms with E-state index in [1.54, 1.807) is 31.3 Å². The van der Waals surface area contributed by atoms with Gasteiger partial charge >= 0.3 is 6.03 Å². The van der Waals surface area contributed by atoms with E-state index in [1.165, 1.54) is 12.1 Å². The predicted molar refractivity (Wildman–Crippen MR) is 77.9 cm³/mol. The van der Waals surface area contributed by atoms with Crippen LogP contribution in [0.3, 0.4) is 0 Å². The molecule has 0 aliphatic heterocycles. The number of nitrogens with zero attached hydrogens (tertiary/aromatic N) is 2. The number of non-ortho nitro benzene ring substituents is 1. The van der Waals surface area contributed by atoms with Crippen molar-refractivity contribution in [1.82, 2.24) is 10.3 Å². The molecule has 2 rings (SSSR count). The topological polar surface area (TPSA) is 97.2 Å².